The lowest BCUT2D eigenvalue weighted by molar-refractivity contribution is 0.0631. The van der Waals surface area contributed by atoms with Crippen LogP contribution in [0.5, 0.6) is 0 Å². The summed E-state index contributed by atoms with van der Waals surface area (Å²) in [6, 6.07) is 9.85. The second kappa shape index (κ2) is 5.73. The monoisotopic (exact) mass is 383 g/mol. The Kier molecular flexibility index (Phi) is 3.50. The van der Waals surface area contributed by atoms with Gasteiger partial charge in [-0.2, -0.15) is 10.2 Å². The highest BCUT2D eigenvalue weighted by molar-refractivity contribution is 6.04. The molecule has 1 saturated carbocycles. The molecular weight excluding hydrogens is 364 g/mol. The fourth-order valence-electron chi connectivity index (χ4n) is 4.27. The number of amides is 1. The molecule has 144 valence electrons. The first kappa shape index (κ1) is 17.1. The Bertz CT molecular complexity index is 1060. The van der Waals surface area contributed by atoms with E-state index >= 15 is 0 Å². The Morgan fingerprint density at radius 3 is 2.93 bits per heavy atom. The second-order valence-electron chi connectivity index (χ2n) is 7.87. The number of nitrogens with one attached hydrogen (secondary N) is 2. The second-order valence-corrected chi connectivity index (χ2v) is 7.87. The third-order valence-electron chi connectivity index (χ3n) is 6.08. The number of hydrogen-bond acceptors (Lipinski definition) is 3. The average molecular weight is 383 g/mol. The number of fused-ring (bicyclic) bond motifs is 2. The summed E-state index contributed by atoms with van der Waals surface area (Å²) in [6.45, 7) is 2.19. The van der Waals surface area contributed by atoms with Crippen molar-refractivity contribution in [1.82, 2.24) is 20.0 Å². The first-order valence-electron chi connectivity index (χ1n) is 9.20. The van der Waals surface area contributed by atoms with E-state index in [0.29, 0.717) is 23.5 Å². The standard InChI is InChI=1S/C20H19F2N5O/c1-19-8-15-14(7-16(19)20(19,21)22)17(26-25-15)18(28)24-13-9-23-27(11-13)10-12-5-3-2-4-6-12/h2-6,9,11,16H,7-8,10H2,1H3,(H,24,28)(H,25,26). The molecule has 2 heterocycles. The van der Waals surface area contributed by atoms with Crippen molar-refractivity contribution in [1.29, 1.82) is 0 Å². The molecule has 2 unspecified atom stereocenters. The molecule has 2 aromatic heterocycles. The van der Waals surface area contributed by atoms with Gasteiger partial charge in [-0.05, 0) is 12.0 Å². The summed E-state index contributed by atoms with van der Waals surface area (Å²) in [6.07, 6.45) is 3.68. The number of nitrogens with zero attached hydrogens (tertiary/aromatic N) is 3. The Morgan fingerprint density at radius 1 is 1.36 bits per heavy atom. The molecule has 2 N–H and O–H groups in total. The van der Waals surface area contributed by atoms with Crippen LogP contribution in [-0.4, -0.2) is 31.8 Å². The Morgan fingerprint density at radius 2 is 2.14 bits per heavy atom. The van der Waals surface area contributed by atoms with Crippen molar-refractivity contribution >= 4 is 11.6 Å². The minimum Gasteiger partial charge on any atom is -0.318 e. The summed E-state index contributed by atoms with van der Waals surface area (Å²) in [4.78, 5) is 12.7. The largest absolute Gasteiger partial charge is 0.318 e. The summed E-state index contributed by atoms with van der Waals surface area (Å²) in [7, 11) is 0. The van der Waals surface area contributed by atoms with Crippen LogP contribution in [0.15, 0.2) is 42.7 Å². The minimum atomic E-state index is -2.68. The maximum Gasteiger partial charge on any atom is 0.276 e. The number of carbonyl (C=O) groups is 1. The predicted molar refractivity (Wildman–Crippen MR) is 98.3 cm³/mol. The van der Waals surface area contributed by atoms with Crippen molar-refractivity contribution in [2.24, 2.45) is 11.3 Å². The van der Waals surface area contributed by atoms with Gasteiger partial charge < -0.3 is 5.32 Å². The summed E-state index contributed by atoms with van der Waals surface area (Å²) < 4.78 is 29.8. The molecule has 1 amide bonds. The van der Waals surface area contributed by atoms with Gasteiger partial charge in [0.2, 0.25) is 0 Å². The molecule has 0 bridgehead atoms. The number of hydrogen-bond donors (Lipinski definition) is 2. The zero-order valence-electron chi connectivity index (χ0n) is 15.2. The van der Waals surface area contributed by atoms with Crippen molar-refractivity contribution in [3.8, 4) is 0 Å². The molecule has 1 aromatic carbocycles. The molecule has 2 atom stereocenters. The molecule has 2 aliphatic rings. The summed E-state index contributed by atoms with van der Waals surface area (Å²) in [5.41, 5.74) is 2.05. The maximum absolute atomic E-state index is 14.0. The van der Waals surface area contributed by atoms with Crippen LogP contribution in [0.3, 0.4) is 0 Å². The van der Waals surface area contributed by atoms with Crippen LogP contribution in [0.2, 0.25) is 0 Å². The van der Waals surface area contributed by atoms with Crippen LogP contribution in [-0.2, 0) is 19.4 Å². The number of aromatic nitrogens is 4. The lowest BCUT2D eigenvalue weighted by Gasteiger charge is -2.15. The lowest BCUT2D eigenvalue weighted by atomic mass is 9.87. The molecule has 28 heavy (non-hydrogen) atoms. The van der Waals surface area contributed by atoms with Crippen LogP contribution in [0.4, 0.5) is 14.5 Å². The van der Waals surface area contributed by atoms with Crippen LogP contribution >= 0.6 is 0 Å². The zero-order chi connectivity index (χ0) is 19.5. The highest BCUT2D eigenvalue weighted by atomic mass is 19.3. The molecule has 6 nitrogen and oxygen atoms in total. The van der Waals surface area contributed by atoms with Gasteiger partial charge in [-0.15, -0.1) is 0 Å². The van der Waals surface area contributed by atoms with Crippen LogP contribution in [0.25, 0.3) is 0 Å². The van der Waals surface area contributed by atoms with Gasteiger partial charge in [0.1, 0.15) is 0 Å². The van der Waals surface area contributed by atoms with E-state index in [0.717, 1.165) is 5.56 Å². The van der Waals surface area contributed by atoms with E-state index in [4.69, 9.17) is 0 Å². The Balaban J connectivity index is 1.30. The molecule has 0 radical (unpaired) electrons. The quantitative estimate of drug-likeness (QED) is 0.726. The molecule has 0 aliphatic heterocycles. The molecule has 3 aromatic rings. The predicted octanol–water partition coefficient (Wildman–Crippen LogP) is 3.28. The van der Waals surface area contributed by atoms with Crippen LogP contribution < -0.4 is 5.32 Å². The first-order chi connectivity index (χ1) is 13.4. The number of rotatable bonds is 4. The number of anilines is 1. The zero-order valence-corrected chi connectivity index (χ0v) is 15.2. The SMILES string of the molecule is CC12Cc3[nH]nc(C(=O)Nc4cnn(Cc5ccccc5)c4)c3CC1C2(F)F. The summed E-state index contributed by atoms with van der Waals surface area (Å²) >= 11 is 0. The highest BCUT2D eigenvalue weighted by Crippen LogP contribution is 2.70. The highest BCUT2D eigenvalue weighted by Gasteiger charge is 2.78. The van der Waals surface area contributed by atoms with E-state index in [1.54, 1.807) is 24.0 Å². The smallest absolute Gasteiger partial charge is 0.276 e. The van der Waals surface area contributed by atoms with Crippen molar-refractivity contribution in [2.45, 2.75) is 32.2 Å². The number of carbonyl (C=O) groups excluding carboxylic acids is 1. The van der Waals surface area contributed by atoms with E-state index in [1.807, 2.05) is 30.3 Å². The Labute approximate surface area is 160 Å². The van der Waals surface area contributed by atoms with Gasteiger partial charge in [0.15, 0.2) is 5.69 Å². The molecule has 5 rings (SSSR count). The van der Waals surface area contributed by atoms with Crippen molar-refractivity contribution in [3.63, 3.8) is 0 Å². The van der Waals surface area contributed by atoms with Gasteiger partial charge in [-0.25, -0.2) is 8.78 Å². The molecule has 0 saturated heterocycles. The molecular formula is C20H19F2N5O. The van der Waals surface area contributed by atoms with E-state index in [1.165, 1.54) is 0 Å². The lowest BCUT2D eigenvalue weighted by Crippen LogP contribution is -2.18. The fourth-order valence-corrected chi connectivity index (χ4v) is 4.27. The summed E-state index contributed by atoms with van der Waals surface area (Å²) in [5, 5.41) is 13.9. The van der Waals surface area contributed by atoms with Gasteiger partial charge in [-0.3, -0.25) is 14.6 Å². The number of H-pyrrole nitrogens is 1. The van der Waals surface area contributed by atoms with E-state index in [9.17, 15) is 13.6 Å². The van der Waals surface area contributed by atoms with Crippen molar-refractivity contribution in [2.75, 3.05) is 5.32 Å². The molecule has 0 spiro atoms. The van der Waals surface area contributed by atoms with E-state index in [-0.39, 0.29) is 18.5 Å². The third kappa shape index (κ3) is 2.47. The minimum absolute atomic E-state index is 0.172. The molecule has 8 heteroatoms. The van der Waals surface area contributed by atoms with E-state index in [2.05, 4.69) is 20.6 Å². The van der Waals surface area contributed by atoms with Gasteiger partial charge in [0.05, 0.1) is 18.4 Å². The topological polar surface area (TPSA) is 75.6 Å². The van der Waals surface area contributed by atoms with Crippen molar-refractivity contribution in [3.05, 3.63) is 65.2 Å². The maximum atomic E-state index is 14.0. The number of benzene rings is 1. The molecule has 1 fully saturated rings. The van der Waals surface area contributed by atoms with Crippen molar-refractivity contribution < 1.29 is 13.6 Å². The van der Waals surface area contributed by atoms with Gasteiger partial charge >= 0.3 is 0 Å². The summed E-state index contributed by atoms with van der Waals surface area (Å²) in [5.74, 6) is -3.81. The van der Waals surface area contributed by atoms with Crippen LogP contribution in [0, 0.1) is 11.3 Å². The van der Waals surface area contributed by atoms with Crippen LogP contribution in [0.1, 0.15) is 34.2 Å². The molecule has 2 aliphatic carbocycles. The van der Waals surface area contributed by atoms with Gasteiger partial charge in [0, 0.05) is 35.2 Å². The van der Waals surface area contributed by atoms with Gasteiger partial charge in [0.25, 0.3) is 11.8 Å². The fraction of sp³-hybridized carbons (Fsp3) is 0.350. The number of alkyl halides is 2. The average Bonchev–Trinajstić information content (AvgIpc) is 3.08. The Hall–Kier alpha value is -3.03. The number of aromatic amines is 1. The number of halogens is 2. The first-order valence-corrected chi connectivity index (χ1v) is 9.20. The van der Waals surface area contributed by atoms with Gasteiger partial charge in [-0.1, -0.05) is 37.3 Å². The normalized spacial score (nSPS) is 24.3. The third-order valence-corrected chi connectivity index (χ3v) is 6.08. The van der Waals surface area contributed by atoms with E-state index < -0.39 is 23.2 Å².